The lowest BCUT2D eigenvalue weighted by Gasteiger charge is -2.12. The van der Waals surface area contributed by atoms with E-state index in [1.54, 1.807) is 48.6 Å². The van der Waals surface area contributed by atoms with E-state index >= 15 is 0 Å². The second-order valence-corrected chi connectivity index (χ2v) is 10.9. The zero-order valence-electron chi connectivity index (χ0n) is 18.0. The molecule has 0 unspecified atom stereocenters. The molecular weight excluding hydrogens is 452 g/mol. The van der Waals surface area contributed by atoms with Crippen LogP contribution in [0.25, 0.3) is 11.2 Å². The van der Waals surface area contributed by atoms with E-state index in [1.807, 2.05) is 12.1 Å². The monoisotopic (exact) mass is 474 g/mol. The lowest BCUT2D eigenvalue weighted by molar-refractivity contribution is -0.137. The molecule has 0 saturated heterocycles. The van der Waals surface area contributed by atoms with Crippen LogP contribution < -0.4 is 10.4 Å². The highest BCUT2D eigenvalue weighted by Gasteiger charge is 2.30. The van der Waals surface area contributed by atoms with Crippen molar-refractivity contribution in [3.05, 3.63) is 72.2 Å². The Balaban J connectivity index is 1.48. The van der Waals surface area contributed by atoms with Gasteiger partial charge in [-0.1, -0.05) is 18.2 Å². The van der Waals surface area contributed by atoms with E-state index in [0.29, 0.717) is 35.6 Å². The summed E-state index contributed by atoms with van der Waals surface area (Å²) in [5.41, 5.74) is 2.58. The molecule has 172 valence electrons. The Kier molecular flexibility index (Phi) is 6.12. The first-order chi connectivity index (χ1) is 15.6. The highest BCUT2D eigenvalue weighted by atomic mass is 31.2. The van der Waals surface area contributed by atoms with Gasteiger partial charge in [-0.25, -0.2) is 9.97 Å². The fourth-order valence-corrected chi connectivity index (χ4v) is 4.07. The Hall–Kier alpha value is -3.39. The van der Waals surface area contributed by atoms with Crippen LogP contribution in [0.5, 0.6) is 0 Å². The number of imidazole rings is 1. The first-order valence-corrected chi connectivity index (χ1v) is 12.7. The van der Waals surface area contributed by atoms with E-state index < -0.39 is 19.0 Å². The average molecular weight is 474 g/mol. The van der Waals surface area contributed by atoms with Gasteiger partial charge in [0.05, 0.1) is 18.1 Å². The van der Waals surface area contributed by atoms with Gasteiger partial charge >= 0.3 is 6.18 Å². The van der Waals surface area contributed by atoms with Gasteiger partial charge in [-0.3, -0.25) is 0 Å². The maximum absolute atomic E-state index is 13.0. The van der Waals surface area contributed by atoms with Crippen LogP contribution in [0.4, 0.5) is 30.5 Å². The normalized spacial score (nSPS) is 12.2. The quantitative estimate of drug-likeness (QED) is 0.330. The fraction of sp³-hybridized carbons (Fsp3) is 0.227. The summed E-state index contributed by atoms with van der Waals surface area (Å²) in [7, 11) is -2.40. The van der Waals surface area contributed by atoms with Gasteiger partial charge in [0.2, 0.25) is 5.95 Å². The smallest absolute Gasteiger partial charge is 0.337 e. The molecule has 0 radical (unpaired) electrons. The Morgan fingerprint density at radius 1 is 1.03 bits per heavy atom. The molecular formula is C22H22F3N6OP. The molecule has 0 amide bonds. The van der Waals surface area contributed by atoms with Crippen LogP contribution in [-0.4, -0.2) is 32.8 Å². The molecule has 33 heavy (non-hydrogen) atoms. The van der Waals surface area contributed by atoms with Gasteiger partial charge in [0.25, 0.3) is 0 Å². The lowest BCUT2D eigenvalue weighted by Crippen LogP contribution is -2.07. The fourth-order valence-electron chi connectivity index (χ4n) is 3.30. The second kappa shape index (κ2) is 8.86. The zero-order valence-corrected chi connectivity index (χ0v) is 18.9. The van der Waals surface area contributed by atoms with Crippen molar-refractivity contribution in [3.63, 3.8) is 0 Å². The molecule has 0 spiro atoms. The number of halogens is 3. The number of alkyl halides is 3. The van der Waals surface area contributed by atoms with E-state index in [9.17, 15) is 17.7 Å². The van der Waals surface area contributed by atoms with Gasteiger partial charge in [-0.2, -0.15) is 18.2 Å². The van der Waals surface area contributed by atoms with Crippen LogP contribution in [-0.2, 0) is 23.7 Å². The summed E-state index contributed by atoms with van der Waals surface area (Å²) >= 11 is 0. The molecule has 7 nitrogen and oxygen atoms in total. The Bertz CT molecular complexity index is 1310. The van der Waals surface area contributed by atoms with Gasteiger partial charge in [-0.05, 0) is 42.3 Å². The summed E-state index contributed by atoms with van der Waals surface area (Å²) in [5, 5.41) is 6.08. The standard InChI is InChI=1S/C22H22F3N6OP/c1-33(2,32)30-18-8-6-17(7-9-18)28-21-26-13-19-20(29-21)31(14-27-19)11-10-15-4-3-5-16(12-15)22(23,24)25/h3-9,12-14H,10-11H2,1-2H3,(H,30,32)(H,26,28,29). The maximum atomic E-state index is 13.0. The van der Waals surface area contributed by atoms with Crippen molar-refractivity contribution in [2.45, 2.75) is 19.1 Å². The average Bonchev–Trinajstić information content (AvgIpc) is 3.14. The summed E-state index contributed by atoms with van der Waals surface area (Å²) < 4.78 is 52.5. The molecule has 4 aromatic rings. The molecule has 0 bridgehead atoms. The molecule has 0 atom stereocenters. The first-order valence-electron chi connectivity index (χ1n) is 10.1. The number of aromatic nitrogens is 4. The van der Waals surface area contributed by atoms with Crippen molar-refractivity contribution in [2.24, 2.45) is 0 Å². The summed E-state index contributed by atoms with van der Waals surface area (Å²) in [5.74, 6) is 0.362. The Morgan fingerprint density at radius 2 is 1.76 bits per heavy atom. The third-order valence-electron chi connectivity index (χ3n) is 4.79. The second-order valence-electron chi connectivity index (χ2n) is 7.95. The Morgan fingerprint density at radius 3 is 2.45 bits per heavy atom. The topological polar surface area (TPSA) is 84.7 Å². The van der Waals surface area contributed by atoms with E-state index in [2.05, 4.69) is 25.4 Å². The predicted molar refractivity (Wildman–Crippen MR) is 123 cm³/mol. The van der Waals surface area contributed by atoms with E-state index in [0.717, 1.165) is 23.5 Å². The number of hydrogen-bond acceptors (Lipinski definition) is 5. The number of anilines is 3. The van der Waals surface area contributed by atoms with Crippen LogP contribution >= 0.6 is 7.29 Å². The van der Waals surface area contributed by atoms with Gasteiger partial charge < -0.3 is 19.5 Å². The number of aryl methyl sites for hydroxylation is 2. The molecule has 11 heteroatoms. The number of rotatable bonds is 7. The van der Waals surface area contributed by atoms with E-state index in [4.69, 9.17) is 0 Å². The first kappa shape index (κ1) is 22.8. The van der Waals surface area contributed by atoms with Crippen molar-refractivity contribution in [3.8, 4) is 0 Å². The summed E-state index contributed by atoms with van der Waals surface area (Å²) in [6, 6.07) is 12.6. The van der Waals surface area contributed by atoms with Crippen LogP contribution in [0.1, 0.15) is 11.1 Å². The SMILES string of the molecule is CP(C)(=O)Nc1ccc(Nc2ncc3ncn(CCc4cccc(C(F)(F)F)c4)c3n2)cc1. The van der Waals surface area contributed by atoms with Gasteiger partial charge in [-0.15, -0.1) is 0 Å². The van der Waals surface area contributed by atoms with Crippen LogP contribution in [0.15, 0.2) is 61.1 Å². The van der Waals surface area contributed by atoms with Crippen molar-refractivity contribution in [1.29, 1.82) is 0 Å². The summed E-state index contributed by atoms with van der Waals surface area (Å²) in [6.07, 6.45) is -0.779. The number of benzene rings is 2. The molecule has 0 fully saturated rings. The molecule has 0 aliphatic carbocycles. The van der Waals surface area contributed by atoms with Gasteiger partial charge in [0, 0.05) is 31.2 Å². The van der Waals surface area contributed by atoms with E-state index in [-0.39, 0.29) is 0 Å². The lowest BCUT2D eigenvalue weighted by atomic mass is 10.1. The van der Waals surface area contributed by atoms with Crippen LogP contribution in [0.2, 0.25) is 0 Å². The molecule has 2 aromatic heterocycles. The number of fused-ring (bicyclic) bond motifs is 1. The minimum absolute atomic E-state index is 0.362. The van der Waals surface area contributed by atoms with Crippen molar-refractivity contribution >= 4 is 35.8 Å². The summed E-state index contributed by atoms with van der Waals surface area (Å²) in [6.45, 7) is 3.72. The third kappa shape index (κ3) is 5.90. The summed E-state index contributed by atoms with van der Waals surface area (Å²) in [4.78, 5) is 13.1. The van der Waals surface area contributed by atoms with Gasteiger partial charge in [0.1, 0.15) is 5.52 Å². The predicted octanol–water partition coefficient (Wildman–Crippen LogP) is 5.78. The largest absolute Gasteiger partial charge is 0.416 e. The molecule has 2 heterocycles. The van der Waals surface area contributed by atoms with Gasteiger partial charge in [0.15, 0.2) is 12.9 Å². The highest BCUT2D eigenvalue weighted by Crippen LogP contribution is 2.36. The zero-order chi connectivity index (χ0) is 23.6. The maximum Gasteiger partial charge on any atom is 0.416 e. The van der Waals surface area contributed by atoms with Crippen molar-refractivity contribution in [2.75, 3.05) is 23.7 Å². The molecule has 0 saturated carbocycles. The van der Waals surface area contributed by atoms with Crippen LogP contribution in [0.3, 0.4) is 0 Å². The number of nitrogens with zero attached hydrogens (tertiary/aromatic N) is 4. The highest BCUT2D eigenvalue weighted by molar-refractivity contribution is 7.63. The van der Waals surface area contributed by atoms with Crippen molar-refractivity contribution < 1.29 is 17.7 Å². The van der Waals surface area contributed by atoms with E-state index in [1.165, 1.54) is 6.07 Å². The number of hydrogen-bond donors (Lipinski definition) is 2. The minimum atomic E-state index is -4.37. The molecule has 4 rings (SSSR count). The minimum Gasteiger partial charge on any atom is -0.337 e. The number of nitrogens with one attached hydrogen (secondary N) is 2. The Labute approximate surface area is 188 Å². The third-order valence-corrected chi connectivity index (χ3v) is 5.59. The van der Waals surface area contributed by atoms with Crippen LogP contribution in [0, 0.1) is 0 Å². The molecule has 2 aromatic carbocycles. The molecule has 2 N–H and O–H groups in total. The molecule has 0 aliphatic heterocycles. The molecule has 0 aliphatic rings. The van der Waals surface area contributed by atoms with Crippen molar-refractivity contribution in [1.82, 2.24) is 19.5 Å².